The number of carbonyl (C=O) groups excluding carboxylic acids is 4. The van der Waals surface area contributed by atoms with Crippen LogP contribution in [-0.4, -0.2) is 75.1 Å². The molecule has 4 aliphatic carbocycles. The van der Waals surface area contributed by atoms with Crippen LogP contribution < -0.4 is 0 Å². The molecule has 2 saturated carbocycles. The summed E-state index contributed by atoms with van der Waals surface area (Å²) in [7, 11) is 0. The first kappa shape index (κ1) is 23.3. The van der Waals surface area contributed by atoms with Crippen molar-refractivity contribution in [2.75, 3.05) is 6.61 Å². The highest BCUT2D eigenvalue weighted by Gasteiger charge is 2.95. The van der Waals surface area contributed by atoms with E-state index in [1.165, 1.54) is 0 Å². The van der Waals surface area contributed by atoms with Crippen LogP contribution in [-0.2, 0) is 38.1 Å². The van der Waals surface area contributed by atoms with Crippen molar-refractivity contribution >= 4 is 23.7 Å². The fourth-order valence-corrected chi connectivity index (χ4v) is 10.3. The number of hydrogen-bond donors (Lipinski definition) is 2. The number of Topliss-reactive ketones (excluding diaryl/α,β-unsaturated/α-hetero) is 1. The van der Waals surface area contributed by atoms with Gasteiger partial charge in [0, 0.05) is 12.3 Å². The predicted octanol–water partition coefficient (Wildman–Crippen LogP) is 0.528. The van der Waals surface area contributed by atoms with Crippen LogP contribution in [0.2, 0.25) is 0 Å². The number of esters is 3. The zero-order chi connectivity index (χ0) is 26.8. The maximum Gasteiger partial charge on any atom is 0.343 e. The number of aliphatic hydroxyl groups is 2. The molecule has 8 rings (SSSR count). The molecule has 2 N–H and O–H groups in total. The zero-order valence-corrected chi connectivity index (χ0v) is 21.4. The van der Waals surface area contributed by atoms with Crippen LogP contribution >= 0.6 is 0 Å². The van der Waals surface area contributed by atoms with Crippen LogP contribution in [0.25, 0.3) is 0 Å². The monoisotopic (exact) mass is 526 g/mol. The van der Waals surface area contributed by atoms with E-state index >= 15 is 0 Å². The average molecular weight is 527 g/mol. The topological polar surface area (TPSA) is 146 Å². The lowest BCUT2D eigenvalue weighted by Crippen LogP contribution is -2.82. The molecule has 0 amide bonds. The molecule has 6 fully saturated rings. The van der Waals surface area contributed by atoms with E-state index in [9.17, 15) is 29.4 Å². The van der Waals surface area contributed by atoms with Gasteiger partial charge in [-0.15, -0.1) is 0 Å². The lowest BCUT2D eigenvalue weighted by Gasteiger charge is -2.67. The largest absolute Gasteiger partial charge is 0.458 e. The predicted molar refractivity (Wildman–Crippen MR) is 124 cm³/mol. The Balaban J connectivity index is 1.45. The minimum atomic E-state index is -2.23. The van der Waals surface area contributed by atoms with Gasteiger partial charge >= 0.3 is 17.9 Å². The first-order chi connectivity index (χ1) is 17.8. The van der Waals surface area contributed by atoms with Crippen molar-refractivity contribution in [1.82, 2.24) is 0 Å². The van der Waals surface area contributed by atoms with Gasteiger partial charge in [0.2, 0.25) is 11.2 Å². The Bertz CT molecular complexity index is 1330. The summed E-state index contributed by atoms with van der Waals surface area (Å²) in [6.07, 6.45) is 3.83. The van der Waals surface area contributed by atoms with Gasteiger partial charge < -0.3 is 29.2 Å². The molecule has 4 bridgehead atoms. The minimum Gasteiger partial charge on any atom is -0.458 e. The molecule has 0 unspecified atom stereocenters. The summed E-state index contributed by atoms with van der Waals surface area (Å²) >= 11 is 0. The summed E-state index contributed by atoms with van der Waals surface area (Å²) < 4.78 is 24.5. The second-order valence-electron chi connectivity index (χ2n) is 13.3. The van der Waals surface area contributed by atoms with Gasteiger partial charge in [0.25, 0.3) is 0 Å². The van der Waals surface area contributed by atoms with E-state index in [0.717, 1.165) is 0 Å². The van der Waals surface area contributed by atoms with Crippen LogP contribution in [0.15, 0.2) is 23.8 Å². The maximum atomic E-state index is 14.4. The van der Waals surface area contributed by atoms with Crippen LogP contribution in [0, 0.1) is 34.5 Å². The van der Waals surface area contributed by atoms with Crippen LogP contribution in [0.1, 0.15) is 46.5 Å². The number of fused-ring (bicyclic) bond motifs is 5. The second-order valence-corrected chi connectivity index (χ2v) is 13.3. The molecule has 0 aromatic carbocycles. The first-order valence-electron chi connectivity index (χ1n) is 13.5. The van der Waals surface area contributed by atoms with Gasteiger partial charge in [-0.1, -0.05) is 25.2 Å². The third kappa shape index (κ3) is 1.98. The molecular weight excluding hydrogens is 496 g/mol. The highest BCUT2D eigenvalue weighted by molar-refractivity contribution is 5.95. The molecule has 8 aliphatic rings. The lowest BCUT2D eigenvalue weighted by molar-refractivity contribution is -0.329. The summed E-state index contributed by atoms with van der Waals surface area (Å²) in [5, 5.41) is 22.7. The third-order valence-corrected chi connectivity index (χ3v) is 12.0. The SMILES string of the molecule is C[C@]12C(=O)C[C@H](O)C=C1C=C[C@H]1[C@@H]2CC[C@@]2(O)C(=O)O[C@@]3(C)[C@H]4C[C@]5(C)[C@@H]6[C@]1(OC[C@H]5C(=O)O4)C(=O)O[C@]623. The highest BCUT2D eigenvalue weighted by atomic mass is 16.7. The molecular formula is C28H30O10. The Morgan fingerprint density at radius 2 is 1.82 bits per heavy atom. The summed E-state index contributed by atoms with van der Waals surface area (Å²) in [5.41, 5.74) is -8.70. The van der Waals surface area contributed by atoms with Crippen LogP contribution in [0.4, 0.5) is 0 Å². The average Bonchev–Trinajstić information content (AvgIpc) is 3.22. The van der Waals surface area contributed by atoms with Crippen molar-refractivity contribution in [1.29, 1.82) is 0 Å². The van der Waals surface area contributed by atoms with Gasteiger partial charge in [-0.05, 0) is 50.0 Å². The molecule has 10 heteroatoms. The van der Waals surface area contributed by atoms with E-state index in [1.54, 1.807) is 19.1 Å². The molecule has 10 nitrogen and oxygen atoms in total. The van der Waals surface area contributed by atoms with Crippen LogP contribution in [0.5, 0.6) is 0 Å². The van der Waals surface area contributed by atoms with Gasteiger partial charge in [0.15, 0.2) is 11.2 Å². The molecule has 12 atom stereocenters. The maximum absolute atomic E-state index is 14.4. The van der Waals surface area contributed by atoms with E-state index in [0.29, 0.717) is 12.0 Å². The zero-order valence-electron chi connectivity index (χ0n) is 21.4. The van der Waals surface area contributed by atoms with E-state index in [1.807, 2.05) is 19.9 Å². The fraction of sp³-hybridized carbons (Fsp3) is 0.714. The summed E-state index contributed by atoms with van der Waals surface area (Å²) in [4.78, 5) is 54.9. The molecule has 4 aliphatic heterocycles. The Kier molecular flexibility index (Phi) is 3.84. The van der Waals surface area contributed by atoms with Gasteiger partial charge in [-0.2, -0.15) is 0 Å². The molecule has 38 heavy (non-hydrogen) atoms. The van der Waals surface area contributed by atoms with E-state index < -0.39 is 87.0 Å². The first-order valence-corrected chi connectivity index (χ1v) is 13.5. The van der Waals surface area contributed by atoms with Crippen molar-refractivity contribution in [2.24, 2.45) is 34.5 Å². The number of rotatable bonds is 0. The molecule has 0 radical (unpaired) electrons. The lowest BCUT2D eigenvalue weighted by atomic mass is 9.39. The Morgan fingerprint density at radius 1 is 1.05 bits per heavy atom. The molecule has 4 heterocycles. The normalized spacial score (nSPS) is 59.0. The Morgan fingerprint density at radius 3 is 2.58 bits per heavy atom. The third-order valence-electron chi connectivity index (χ3n) is 12.0. The Labute approximate surface area is 218 Å². The molecule has 202 valence electrons. The Hall–Kier alpha value is -2.56. The standard InChI is InChI=1S/C28H30O10/c1-23-10-18-25(3)28-20(23)27(22(33)38-28,35-11-16(23)19(31)36-18)15-5-4-12-8-13(29)9-17(30)24(12,2)14(15)6-7-26(28,34)21(32)37-25/h4-5,8,13-16,18,20,29,34H,6-7,9-11H2,1-3H3/t13-,14+,15+,16+,18-,20-,23+,24+,25+,26-,27+,28+/m1/s1. The number of ketones is 1. The quantitative estimate of drug-likeness (QED) is 0.339. The molecule has 0 aromatic rings. The minimum absolute atomic E-state index is 0.0690. The molecule has 1 spiro atoms. The number of ether oxygens (including phenoxy) is 4. The second kappa shape index (κ2) is 6.26. The number of carbonyl (C=O) groups is 4. The van der Waals surface area contributed by atoms with Gasteiger partial charge in [-0.25, -0.2) is 9.59 Å². The van der Waals surface area contributed by atoms with E-state index in [2.05, 4.69) is 0 Å². The van der Waals surface area contributed by atoms with E-state index in [-0.39, 0.29) is 31.7 Å². The smallest absolute Gasteiger partial charge is 0.343 e. The molecule has 0 aromatic heterocycles. The summed E-state index contributed by atoms with van der Waals surface area (Å²) in [5.74, 6) is -5.13. The van der Waals surface area contributed by atoms with Crippen molar-refractivity contribution in [3.63, 3.8) is 0 Å². The van der Waals surface area contributed by atoms with Crippen molar-refractivity contribution in [3.8, 4) is 0 Å². The highest BCUT2D eigenvalue weighted by Crippen LogP contribution is 2.76. The fourth-order valence-electron chi connectivity index (χ4n) is 10.3. The number of aliphatic hydroxyl groups excluding tert-OH is 1. The van der Waals surface area contributed by atoms with Gasteiger partial charge in [0.05, 0.1) is 30.0 Å². The number of hydrogen-bond acceptors (Lipinski definition) is 10. The summed E-state index contributed by atoms with van der Waals surface area (Å²) in [6.45, 7) is 5.21. The van der Waals surface area contributed by atoms with Crippen molar-refractivity contribution < 1.29 is 48.3 Å². The van der Waals surface area contributed by atoms with Gasteiger partial charge in [-0.3, -0.25) is 9.59 Å². The van der Waals surface area contributed by atoms with Crippen LogP contribution in [0.3, 0.4) is 0 Å². The van der Waals surface area contributed by atoms with Crippen molar-refractivity contribution in [2.45, 2.75) is 81.1 Å². The summed E-state index contributed by atoms with van der Waals surface area (Å²) in [6, 6.07) is 0. The van der Waals surface area contributed by atoms with Gasteiger partial charge in [0.1, 0.15) is 11.9 Å². The number of allylic oxidation sites excluding steroid dienone is 2. The molecule has 4 saturated heterocycles. The van der Waals surface area contributed by atoms with E-state index in [4.69, 9.17) is 18.9 Å². The van der Waals surface area contributed by atoms with Crippen molar-refractivity contribution in [3.05, 3.63) is 23.8 Å².